The Labute approximate surface area is 156 Å². The Hall–Kier alpha value is -2.09. The summed E-state index contributed by atoms with van der Waals surface area (Å²) in [7, 11) is 0. The summed E-state index contributed by atoms with van der Waals surface area (Å²) in [5.41, 5.74) is 0.756. The lowest BCUT2D eigenvalue weighted by atomic mass is 10.1. The van der Waals surface area contributed by atoms with Crippen molar-refractivity contribution < 1.29 is 15.0 Å². The summed E-state index contributed by atoms with van der Waals surface area (Å²) in [6, 6.07) is 3.45. The number of halogens is 1. The Morgan fingerprint density at radius 2 is 1.92 bits per heavy atom. The van der Waals surface area contributed by atoms with Crippen LogP contribution in [0, 0.1) is 0 Å². The van der Waals surface area contributed by atoms with E-state index in [4.69, 9.17) is 16.7 Å². The van der Waals surface area contributed by atoms with Crippen molar-refractivity contribution in [3.05, 3.63) is 39.1 Å². The van der Waals surface area contributed by atoms with E-state index in [2.05, 4.69) is 9.80 Å². The molecule has 140 valence electrons. The van der Waals surface area contributed by atoms with Gasteiger partial charge >= 0.3 is 5.97 Å². The van der Waals surface area contributed by atoms with Crippen molar-refractivity contribution in [3.8, 4) is 0 Å². The van der Waals surface area contributed by atoms with Crippen LogP contribution in [0.5, 0.6) is 0 Å². The number of carbonyl (C=O) groups is 1. The normalized spacial score (nSPS) is 15.6. The molecule has 2 heterocycles. The molecule has 0 radical (unpaired) electrons. The molecule has 0 aliphatic carbocycles. The Bertz CT molecular complexity index is 888. The summed E-state index contributed by atoms with van der Waals surface area (Å²) in [4.78, 5) is 28.2. The first-order valence-corrected chi connectivity index (χ1v) is 9.02. The molecule has 7 nitrogen and oxygen atoms in total. The highest BCUT2D eigenvalue weighted by Crippen LogP contribution is 2.31. The van der Waals surface area contributed by atoms with Gasteiger partial charge in [0.15, 0.2) is 0 Å². The van der Waals surface area contributed by atoms with E-state index in [9.17, 15) is 14.7 Å². The number of hydrogen-bond acceptors (Lipinski definition) is 5. The van der Waals surface area contributed by atoms with E-state index in [1.807, 2.05) is 13.0 Å². The molecule has 2 aromatic rings. The summed E-state index contributed by atoms with van der Waals surface area (Å²) in [6.07, 6.45) is 1.39. The lowest BCUT2D eigenvalue weighted by molar-refractivity contribution is 0.0695. The van der Waals surface area contributed by atoms with Crippen molar-refractivity contribution in [2.75, 3.05) is 44.2 Å². The van der Waals surface area contributed by atoms with Crippen LogP contribution in [-0.2, 0) is 6.54 Å². The third kappa shape index (κ3) is 3.42. The standard InChI is InChI=1S/C18H22ClN3O4/c1-2-21-11-13(18(25)26)17(24)12-9-14(19)16(10-15(12)21)22-5-3-20(4-6-22)7-8-23/h9-11,23H,2-8H2,1H3,(H,25,26). The number of rotatable bonds is 5. The van der Waals surface area contributed by atoms with Crippen molar-refractivity contribution in [3.63, 3.8) is 0 Å². The highest BCUT2D eigenvalue weighted by Gasteiger charge is 2.21. The maximum atomic E-state index is 12.5. The molecule has 1 aromatic heterocycles. The summed E-state index contributed by atoms with van der Waals surface area (Å²) in [5.74, 6) is -1.24. The molecule has 2 N–H and O–H groups in total. The second kappa shape index (κ2) is 7.65. The average Bonchev–Trinajstić information content (AvgIpc) is 2.63. The number of aromatic nitrogens is 1. The van der Waals surface area contributed by atoms with Crippen LogP contribution in [0.1, 0.15) is 17.3 Å². The minimum atomic E-state index is -1.24. The molecule has 1 aliphatic rings. The van der Waals surface area contributed by atoms with Gasteiger partial charge in [0.25, 0.3) is 0 Å². The summed E-state index contributed by atoms with van der Waals surface area (Å²) in [6.45, 7) is 6.45. The molecule has 1 fully saturated rings. The van der Waals surface area contributed by atoms with Gasteiger partial charge in [0.05, 0.1) is 22.8 Å². The van der Waals surface area contributed by atoms with Crippen molar-refractivity contribution in [2.45, 2.75) is 13.5 Å². The van der Waals surface area contributed by atoms with Crippen LogP contribution in [0.3, 0.4) is 0 Å². The molecule has 0 amide bonds. The van der Waals surface area contributed by atoms with Crippen LogP contribution < -0.4 is 10.3 Å². The highest BCUT2D eigenvalue weighted by atomic mass is 35.5. The van der Waals surface area contributed by atoms with Crippen molar-refractivity contribution in [1.82, 2.24) is 9.47 Å². The highest BCUT2D eigenvalue weighted by molar-refractivity contribution is 6.34. The lowest BCUT2D eigenvalue weighted by Gasteiger charge is -2.36. The SMILES string of the molecule is CCn1cc(C(=O)O)c(=O)c2cc(Cl)c(N3CCN(CCO)CC3)cc21. The predicted octanol–water partition coefficient (Wildman–Crippen LogP) is 1.49. The predicted molar refractivity (Wildman–Crippen MR) is 102 cm³/mol. The maximum absolute atomic E-state index is 12.5. The van der Waals surface area contributed by atoms with E-state index < -0.39 is 11.4 Å². The van der Waals surface area contributed by atoms with Gasteiger partial charge < -0.3 is 19.7 Å². The molecule has 1 aliphatic heterocycles. The van der Waals surface area contributed by atoms with Crippen molar-refractivity contribution >= 4 is 34.2 Å². The van der Waals surface area contributed by atoms with Crippen molar-refractivity contribution in [2.24, 2.45) is 0 Å². The Kier molecular flexibility index (Phi) is 5.50. The number of aromatic carboxylic acids is 1. The monoisotopic (exact) mass is 379 g/mol. The fourth-order valence-electron chi connectivity index (χ4n) is 3.41. The number of piperazine rings is 1. The largest absolute Gasteiger partial charge is 0.477 e. The zero-order valence-electron chi connectivity index (χ0n) is 14.6. The molecular formula is C18H22ClN3O4. The molecule has 8 heteroatoms. The number of hydrogen-bond donors (Lipinski definition) is 2. The number of aliphatic hydroxyl groups is 1. The molecular weight excluding hydrogens is 358 g/mol. The number of anilines is 1. The maximum Gasteiger partial charge on any atom is 0.341 e. The number of pyridine rings is 1. The van der Waals surface area contributed by atoms with E-state index in [1.54, 1.807) is 10.6 Å². The van der Waals surface area contributed by atoms with Gasteiger partial charge in [0.1, 0.15) is 5.56 Å². The Morgan fingerprint density at radius 1 is 1.23 bits per heavy atom. The van der Waals surface area contributed by atoms with E-state index >= 15 is 0 Å². The number of carboxylic acid groups (broad SMARTS) is 1. The smallest absolute Gasteiger partial charge is 0.341 e. The van der Waals surface area contributed by atoms with Gasteiger partial charge in [-0.15, -0.1) is 0 Å². The van der Waals surface area contributed by atoms with Gasteiger partial charge in [-0.1, -0.05) is 11.6 Å². The first-order chi connectivity index (χ1) is 12.5. The molecule has 1 aromatic carbocycles. The fraction of sp³-hybridized carbons (Fsp3) is 0.444. The number of benzene rings is 1. The van der Waals surface area contributed by atoms with Gasteiger partial charge in [-0.05, 0) is 19.1 Å². The second-order valence-electron chi connectivity index (χ2n) is 6.34. The molecule has 0 unspecified atom stereocenters. The minimum Gasteiger partial charge on any atom is -0.477 e. The quantitative estimate of drug-likeness (QED) is 0.818. The second-order valence-corrected chi connectivity index (χ2v) is 6.74. The topological polar surface area (TPSA) is 86.0 Å². The number of nitrogens with zero attached hydrogens (tertiary/aromatic N) is 3. The first kappa shape index (κ1) is 18.7. The van der Waals surface area contributed by atoms with E-state index in [1.165, 1.54) is 6.20 Å². The van der Waals surface area contributed by atoms with E-state index in [-0.39, 0.29) is 12.2 Å². The molecule has 0 saturated carbocycles. The average molecular weight is 380 g/mol. The van der Waals surface area contributed by atoms with Crippen LogP contribution in [0.2, 0.25) is 5.02 Å². The molecule has 26 heavy (non-hydrogen) atoms. The van der Waals surface area contributed by atoms with Crippen LogP contribution in [-0.4, -0.2) is 65.0 Å². The molecule has 0 atom stereocenters. The number of aliphatic hydroxyl groups excluding tert-OH is 1. The molecule has 1 saturated heterocycles. The summed E-state index contributed by atoms with van der Waals surface area (Å²) in [5, 5.41) is 19.1. The van der Waals surface area contributed by atoms with Gasteiger partial charge in [-0.2, -0.15) is 0 Å². The van der Waals surface area contributed by atoms with E-state index in [0.717, 1.165) is 31.9 Å². The number of carboxylic acids is 1. The van der Waals surface area contributed by atoms with Crippen LogP contribution in [0.25, 0.3) is 10.9 Å². The van der Waals surface area contributed by atoms with Crippen LogP contribution in [0.15, 0.2) is 23.1 Å². The molecule has 3 rings (SSSR count). The van der Waals surface area contributed by atoms with E-state index in [0.29, 0.717) is 29.0 Å². The van der Waals surface area contributed by atoms with Gasteiger partial charge in [-0.25, -0.2) is 4.79 Å². The zero-order valence-corrected chi connectivity index (χ0v) is 15.4. The Balaban J connectivity index is 2.04. The van der Waals surface area contributed by atoms with Crippen LogP contribution in [0.4, 0.5) is 5.69 Å². The fourth-order valence-corrected chi connectivity index (χ4v) is 3.69. The lowest BCUT2D eigenvalue weighted by Crippen LogP contribution is -2.47. The number of fused-ring (bicyclic) bond motifs is 1. The van der Waals surface area contributed by atoms with Crippen LogP contribution >= 0.6 is 11.6 Å². The number of aryl methyl sites for hydroxylation is 1. The summed E-state index contributed by atoms with van der Waals surface area (Å²) < 4.78 is 1.77. The minimum absolute atomic E-state index is 0.144. The summed E-state index contributed by atoms with van der Waals surface area (Å²) >= 11 is 6.44. The van der Waals surface area contributed by atoms with Gasteiger partial charge in [0, 0.05) is 50.9 Å². The number of β-amino-alcohol motifs (C(OH)–C–C–N with tert-alkyl or cyclic N) is 1. The first-order valence-electron chi connectivity index (χ1n) is 8.64. The molecule has 0 bridgehead atoms. The van der Waals surface area contributed by atoms with Crippen molar-refractivity contribution in [1.29, 1.82) is 0 Å². The zero-order chi connectivity index (χ0) is 18.8. The van der Waals surface area contributed by atoms with Gasteiger partial charge in [0.2, 0.25) is 5.43 Å². The third-order valence-corrected chi connectivity index (χ3v) is 5.15. The molecule has 0 spiro atoms. The Morgan fingerprint density at radius 3 is 2.50 bits per heavy atom. The van der Waals surface area contributed by atoms with Gasteiger partial charge in [-0.3, -0.25) is 9.69 Å². The third-order valence-electron chi connectivity index (χ3n) is 4.85.